The molecule has 0 unspecified atom stereocenters. The van der Waals surface area contributed by atoms with Gasteiger partial charge in [-0.2, -0.15) is 0 Å². The van der Waals surface area contributed by atoms with Gasteiger partial charge in [-0.05, 0) is 28.1 Å². The van der Waals surface area contributed by atoms with E-state index in [4.69, 9.17) is 14.2 Å². The topological polar surface area (TPSA) is 27.7 Å². The monoisotopic (exact) mass is 386 g/mol. The highest BCUT2D eigenvalue weighted by atomic mass is 16.5. The largest absolute Gasteiger partial charge is 0.380 e. The molecule has 0 aromatic carbocycles. The Kier molecular flexibility index (Phi) is 10.0. The lowest BCUT2D eigenvalue weighted by atomic mass is 9.67. The average molecular weight is 387 g/mol. The van der Waals surface area contributed by atoms with Crippen molar-refractivity contribution >= 4 is 0 Å². The molecule has 0 fully saturated rings. The summed E-state index contributed by atoms with van der Waals surface area (Å²) in [4.78, 5) is 0. The maximum Gasteiger partial charge on any atom is 0.0572 e. The molecule has 0 aliphatic rings. The first-order chi connectivity index (χ1) is 11.9. The van der Waals surface area contributed by atoms with Crippen LogP contribution < -0.4 is 0 Å². The summed E-state index contributed by atoms with van der Waals surface area (Å²) in [5.74, 6) is 0. The lowest BCUT2D eigenvalue weighted by Crippen LogP contribution is -2.49. The van der Waals surface area contributed by atoms with Crippen molar-refractivity contribution in [3.63, 3.8) is 0 Å². The van der Waals surface area contributed by atoms with E-state index in [-0.39, 0.29) is 27.1 Å². The summed E-state index contributed by atoms with van der Waals surface area (Å²) in [7, 11) is 0. The minimum atomic E-state index is -0.173. The third kappa shape index (κ3) is 11.5. The van der Waals surface area contributed by atoms with E-state index < -0.39 is 0 Å². The standard InChI is InChI=1S/C24H50O3/c1-13-23(11,12)16-27-19-24(22(8,9)10,17-25-14-20(2,3)4)18-26-15-21(5,6)7/h13-19H2,1-12H3. The van der Waals surface area contributed by atoms with E-state index in [2.05, 4.69) is 83.1 Å². The van der Waals surface area contributed by atoms with Crippen molar-refractivity contribution in [3.8, 4) is 0 Å². The second-order valence-corrected chi connectivity index (χ2v) is 12.6. The summed E-state index contributed by atoms with van der Waals surface area (Å²) in [5.41, 5.74) is 0.344. The van der Waals surface area contributed by atoms with Gasteiger partial charge in [-0.25, -0.2) is 0 Å². The van der Waals surface area contributed by atoms with Gasteiger partial charge in [0.15, 0.2) is 0 Å². The highest BCUT2D eigenvalue weighted by Crippen LogP contribution is 2.41. The first kappa shape index (κ1) is 26.9. The van der Waals surface area contributed by atoms with Gasteiger partial charge in [0.25, 0.3) is 0 Å². The van der Waals surface area contributed by atoms with Gasteiger partial charge in [-0.15, -0.1) is 0 Å². The maximum atomic E-state index is 6.29. The molecule has 3 heteroatoms. The minimum absolute atomic E-state index is 0.0130. The predicted molar refractivity (Wildman–Crippen MR) is 117 cm³/mol. The molecule has 0 saturated carbocycles. The van der Waals surface area contributed by atoms with Gasteiger partial charge in [0, 0.05) is 5.41 Å². The molecule has 0 amide bonds. The molecule has 0 rings (SSSR count). The summed E-state index contributed by atoms with van der Waals surface area (Å²) >= 11 is 0. The Hall–Kier alpha value is -0.120. The SMILES string of the molecule is CCC(C)(C)COCC(COCC(C)(C)C)(COCC(C)(C)C)C(C)(C)C. The fourth-order valence-corrected chi connectivity index (χ4v) is 2.50. The Morgan fingerprint density at radius 1 is 0.481 bits per heavy atom. The zero-order valence-electron chi connectivity index (χ0n) is 20.7. The molecule has 0 aliphatic heterocycles. The van der Waals surface area contributed by atoms with Crippen LogP contribution in [0.4, 0.5) is 0 Å². The normalized spacial score (nSPS) is 14.7. The molecule has 0 radical (unpaired) electrons. The van der Waals surface area contributed by atoms with Crippen LogP contribution in [0.15, 0.2) is 0 Å². The van der Waals surface area contributed by atoms with Crippen LogP contribution in [0.1, 0.15) is 89.5 Å². The van der Waals surface area contributed by atoms with Crippen LogP contribution in [0.3, 0.4) is 0 Å². The van der Waals surface area contributed by atoms with Crippen LogP contribution in [-0.4, -0.2) is 39.6 Å². The van der Waals surface area contributed by atoms with E-state index in [9.17, 15) is 0 Å². The van der Waals surface area contributed by atoms with Gasteiger partial charge in [-0.3, -0.25) is 0 Å². The van der Waals surface area contributed by atoms with Crippen molar-refractivity contribution in [2.45, 2.75) is 89.5 Å². The summed E-state index contributed by atoms with van der Waals surface area (Å²) in [6.45, 7) is 31.1. The Balaban J connectivity index is 5.27. The molecule has 0 atom stereocenters. The van der Waals surface area contributed by atoms with Gasteiger partial charge in [0.05, 0.1) is 39.6 Å². The fraction of sp³-hybridized carbons (Fsp3) is 1.00. The van der Waals surface area contributed by atoms with Crippen molar-refractivity contribution < 1.29 is 14.2 Å². The highest BCUT2D eigenvalue weighted by molar-refractivity contribution is 4.91. The van der Waals surface area contributed by atoms with Gasteiger partial charge in [0.1, 0.15) is 0 Å². The molecule has 27 heavy (non-hydrogen) atoms. The summed E-state index contributed by atoms with van der Waals surface area (Å²) < 4.78 is 18.7. The molecule has 0 aliphatic carbocycles. The second-order valence-electron chi connectivity index (χ2n) is 12.6. The van der Waals surface area contributed by atoms with Crippen molar-refractivity contribution in [1.29, 1.82) is 0 Å². The Morgan fingerprint density at radius 2 is 0.815 bits per heavy atom. The van der Waals surface area contributed by atoms with Gasteiger partial charge < -0.3 is 14.2 Å². The molecule has 3 nitrogen and oxygen atoms in total. The zero-order valence-corrected chi connectivity index (χ0v) is 20.7. The van der Waals surface area contributed by atoms with E-state index in [0.29, 0.717) is 19.8 Å². The molecule has 0 saturated heterocycles. The van der Waals surface area contributed by atoms with Gasteiger partial charge >= 0.3 is 0 Å². The van der Waals surface area contributed by atoms with Crippen LogP contribution in [-0.2, 0) is 14.2 Å². The zero-order chi connectivity index (χ0) is 21.6. The summed E-state index contributed by atoms with van der Waals surface area (Å²) in [6.07, 6.45) is 1.11. The third-order valence-corrected chi connectivity index (χ3v) is 5.25. The molecule has 0 aromatic heterocycles. The van der Waals surface area contributed by atoms with Crippen LogP contribution in [0.5, 0.6) is 0 Å². The summed E-state index contributed by atoms with van der Waals surface area (Å²) in [5, 5.41) is 0. The van der Waals surface area contributed by atoms with Crippen molar-refractivity contribution in [3.05, 3.63) is 0 Å². The van der Waals surface area contributed by atoms with E-state index in [0.717, 1.165) is 26.2 Å². The lowest BCUT2D eigenvalue weighted by Gasteiger charge is -2.45. The van der Waals surface area contributed by atoms with Gasteiger partial charge in [0.2, 0.25) is 0 Å². The molecule has 164 valence electrons. The smallest absolute Gasteiger partial charge is 0.0572 e. The van der Waals surface area contributed by atoms with Crippen LogP contribution in [0, 0.1) is 27.1 Å². The lowest BCUT2D eigenvalue weighted by molar-refractivity contribution is -0.140. The van der Waals surface area contributed by atoms with Crippen molar-refractivity contribution in [2.24, 2.45) is 27.1 Å². The molecule has 0 aromatic rings. The van der Waals surface area contributed by atoms with E-state index in [1.165, 1.54) is 0 Å². The van der Waals surface area contributed by atoms with Crippen LogP contribution in [0.2, 0.25) is 0 Å². The Morgan fingerprint density at radius 3 is 1.07 bits per heavy atom. The number of hydrogen-bond acceptors (Lipinski definition) is 3. The molecule has 0 bridgehead atoms. The fourth-order valence-electron chi connectivity index (χ4n) is 2.50. The molecular weight excluding hydrogens is 336 g/mol. The number of ether oxygens (including phenoxy) is 3. The average Bonchev–Trinajstić information content (AvgIpc) is 2.42. The second kappa shape index (κ2) is 10.1. The minimum Gasteiger partial charge on any atom is -0.380 e. The molecule has 0 N–H and O–H groups in total. The van der Waals surface area contributed by atoms with Gasteiger partial charge in [-0.1, -0.05) is 83.1 Å². The molecule has 0 heterocycles. The third-order valence-electron chi connectivity index (χ3n) is 5.25. The Bertz CT molecular complexity index is 385. The van der Waals surface area contributed by atoms with Crippen molar-refractivity contribution in [2.75, 3.05) is 39.6 Å². The quantitative estimate of drug-likeness (QED) is 0.400. The van der Waals surface area contributed by atoms with Crippen LogP contribution >= 0.6 is 0 Å². The number of rotatable bonds is 11. The maximum absolute atomic E-state index is 6.29. The highest BCUT2D eigenvalue weighted by Gasteiger charge is 2.44. The van der Waals surface area contributed by atoms with E-state index >= 15 is 0 Å². The number of hydrogen-bond donors (Lipinski definition) is 0. The van der Waals surface area contributed by atoms with E-state index in [1.807, 2.05) is 0 Å². The van der Waals surface area contributed by atoms with Crippen LogP contribution in [0.25, 0.3) is 0 Å². The molecule has 0 spiro atoms. The van der Waals surface area contributed by atoms with Crippen molar-refractivity contribution in [1.82, 2.24) is 0 Å². The Labute approximate surface area is 170 Å². The molecular formula is C24H50O3. The van der Waals surface area contributed by atoms with E-state index in [1.54, 1.807) is 0 Å². The summed E-state index contributed by atoms with van der Waals surface area (Å²) in [6, 6.07) is 0. The predicted octanol–water partition coefficient (Wildman–Crippen LogP) is 6.60. The first-order valence-corrected chi connectivity index (χ1v) is 10.7. The first-order valence-electron chi connectivity index (χ1n) is 10.7.